The summed E-state index contributed by atoms with van der Waals surface area (Å²) < 4.78 is 0. The lowest BCUT2D eigenvalue weighted by molar-refractivity contribution is -0.131. The van der Waals surface area contributed by atoms with E-state index in [1.807, 2.05) is 11.8 Å². The third-order valence-electron chi connectivity index (χ3n) is 3.46. The Hall–Kier alpha value is -0.610. The number of nitrogens with zero attached hydrogens (tertiary/aromatic N) is 2. The summed E-state index contributed by atoms with van der Waals surface area (Å²) >= 11 is 0. The first-order valence-electron chi connectivity index (χ1n) is 6.50. The highest BCUT2D eigenvalue weighted by Crippen LogP contribution is 2.29. The van der Waals surface area contributed by atoms with Crippen LogP contribution < -0.4 is 5.32 Å². The Kier molecular flexibility index (Phi) is 4.18. The number of hydrogen-bond acceptors (Lipinski definition) is 3. The van der Waals surface area contributed by atoms with Crippen LogP contribution in [0.15, 0.2) is 0 Å². The summed E-state index contributed by atoms with van der Waals surface area (Å²) in [5.41, 5.74) is 0. The van der Waals surface area contributed by atoms with E-state index in [9.17, 15) is 4.79 Å². The maximum Gasteiger partial charge on any atom is 0.236 e. The Bertz CT molecular complexity index is 232. The maximum absolute atomic E-state index is 11.7. The summed E-state index contributed by atoms with van der Waals surface area (Å²) in [7, 11) is 0. The van der Waals surface area contributed by atoms with Crippen LogP contribution in [0.5, 0.6) is 0 Å². The molecule has 0 spiro atoms. The van der Waals surface area contributed by atoms with Gasteiger partial charge in [0.15, 0.2) is 0 Å². The molecule has 0 atom stereocenters. The molecule has 1 aliphatic heterocycles. The van der Waals surface area contributed by atoms with Crippen molar-refractivity contribution in [3.8, 4) is 0 Å². The fourth-order valence-corrected chi connectivity index (χ4v) is 2.19. The molecule has 1 saturated carbocycles. The second-order valence-corrected chi connectivity index (χ2v) is 4.91. The summed E-state index contributed by atoms with van der Waals surface area (Å²) in [6, 6.07) is 0. The quantitative estimate of drug-likeness (QED) is 0.723. The van der Waals surface area contributed by atoms with Gasteiger partial charge in [0.05, 0.1) is 6.54 Å². The van der Waals surface area contributed by atoms with Crippen LogP contribution in [0.4, 0.5) is 0 Å². The highest BCUT2D eigenvalue weighted by Gasteiger charge is 2.27. The van der Waals surface area contributed by atoms with Crippen molar-refractivity contribution >= 4 is 5.91 Å². The minimum atomic E-state index is 0.257. The van der Waals surface area contributed by atoms with Gasteiger partial charge in [-0.3, -0.25) is 9.69 Å². The average molecular weight is 225 g/mol. The smallest absolute Gasteiger partial charge is 0.236 e. The highest BCUT2D eigenvalue weighted by atomic mass is 16.2. The molecule has 16 heavy (non-hydrogen) atoms. The van der Waals surface area contributed by atoms with Crippen LogP contribution in [0.3, 0.4) is 0 Å². The van der Waals surface area contributed by atoms with Crippen molar-refractivity contribution in [2.45, 2.75) is 19.8 Å². The average Bonchev–Trinajstić information content (AvgIpc) is 3.11. The van der Waals surface area contributed by atoms with Gasteiger partial charge in [-0.15, -0.1) is 0 Å². The van der Waals surface area contributed by atoms with Gasteiger partial charge >= 0.3 is 0 Å². The molecule has 2 fully saturated rings. The first-order chi connectivity index (χ1) is 7.79. The predicted molar refractivity (Wildman–Crippen MR) is 64.3 cm³/mol. The molecule has 0 bridgehead atoms. The first-order valence-corrected chi connectivity index (χ1v) is 6.50. The molecule has 1 aliphatic carbocycles. The minimum absolute atomic E-state index is 0.257. The number of amides is 1. The van der Waals surface area contributed by atoms with Crippen molar-refractivity contribution in [1.82, 2.24) is 15.1 Å². The predicted octanol–water partition coefficient (Wildman–Crippen LogP) is 0.150. The van der Waals surface area contributed by atoms with Crippen molar-refractivity contribution in [3.63, 3.8) is 0 Å². The Balaban J connectivity index is 1.65. The zero-order valence-electron chi connectivity index (χ0n) is 10.2. The number of piperazine rings is 1. The van der Waals surface area contributed by atoms with E-state index in [-0.39, 0.29) is 5.91 Å². The van der Waals surface area contributed by atoms with Crippen LogP contribution in [-0.4, -0.2) is 61.5 Å². The Labute approximate surface area is 98.0 Å². The zero-order valence-corrected chi connectivity index (χ0v) is 10.2. The molecule has 1 heterocycles. The van der Waals surface area contributed by atoms with Crippen LogP contribution in [0.1, 0.15) is 19.8 Å². The molecule has 92 valence electrons. The van der Waals surface area contributed by atoms with E-state index in [4.69, 9.17) is 0 Å². The molecule has 0 unspecified atom stereocenters. The van der Waals surface area contributed by atoms with Gasteiger partial charge in [-0.25, -0.2) is 0 Å². The topological polar surface area (TPSA) is 35.6 Å². The van der Waals surface area contributed by atoms with E-state index in [1.54, 1.807) is 0 Å². The molecule has 1 amide bonds. The fraction of sp³-hybridized carbons (Fsp3) is 0.917. The second-order valence-electron chi connectivity index (χ2n) is 4.91. The van der Waals surface area contributed by atoms with E-state index in [0.717, 1.165) is 38.6 Å². The third kappa shape index (κ3) is 3.46. The number of hydrogen-bond donors (Lipinski definition) is 1. The van der Waals surface area contributed by atoms with Gasteiger partial charge in [-0.1, -0.05) is 6.92 Å². The van der Waals surface area contributed by atoms with Gasteiger partial charge in [-0.05, 0) is 25.3 Å². The molecule has 1 saturated heterocycles. The van der Waals surface area contributed by atoms with Gasteiger partial charge in [0.2, 0.25) is 5.91 Å². The van der Waals surface area contributed by atoms with Crippen molar-refractivity contribution < 1.29 is 4.79 Å². The van der Waals surface area contributed by atoms with Crippen molar-refractivity contribution in [1.29, 1.82) is 0 Å². The maximum atomic E-state index is 11.7. The lowest BCUT2D eigenvalue weighted by atomic mass is 10.2. The normalized spacial score (nSPS) is 22.4. The Morgan fingerprint density at radius 3 is 2.50 bits per heavy atom. The largest absolute Gasteiger partial charge is 0.339 e. The number of nitrogens with one attached hydrogen (secondary N) is 1. The number of carbonyl (C=O) groups is 1. The Morgan fingerprint density at radius 2 is 1.94 bits per heavy atom. The molecule has 0 radical (unpaired) electrons. The summed E-state index contributed by atoms with van der Waals surface area (Å²) in [4.78, 5) is 16.2. The molecule has 0 aromatic carbocycles. The molecule has 2 aliphatic rings. The van der Waals surface area contributed by atoms with Crippen LogP contribution in [0.25, 0.3) is 0 Å². The van der Waals surface area contributed by atoms with Gasteiger partial charge in [0.1, 0.15) is 0 Å². The van der Waals surface area contributed by atoms with Crippen molar-refractivity contribution in [2.75, 3.05) is 45.8 Å². The number of carbonyl (C=O) groups excluding carboxylic acids is 1. The highest BCUT2D eigenvalue weighted by molar-refractivity contribution is 5.78. The molecular formula is C12H23N3O. The SMILES string of the molecule is CCNCC(=O)N1CCN(CC2CC2)CC1. The van der Waals surface area contributed by atoms with Gasteiger partial charge in [0, 0.05) is 32.7 Å². The second kappa shape index (κ2) is 5.64. The van der Waals surface area contributed by atoms with E-state index in [0.29, 0.717) is 6.54 Å². The van der Waals surface area contributed by atoms with Crippen molar-refractivity contribution in [2.24, 2.45) is 5.92 Å². The lowest BCUT2D eigenvalue weighted by Gasteiger charge is -2.34. The summed E-state index contributed by atoms with van der Waals surface area (Å²) in [5, 5.41) is 3.09. The summed E-state index contributed by atoms with van der Waals surface area (Å²) in [6.45, 7) is 8.61. The van der Waals surface area contributed by atoms with Gasteiger partial charge in [-0.2, -0.15) is 0 Å². The number of likely N-dealkylation sites (N-methyl/N-ethyl adjacent to an activating group) is 1. The molecule has 4 nitrogen and oxygen atoms in total. The molecule has 0 aromatic heterocycles. The molecule has 1 N–H and O–H groups in total. The van der Waals surface area contributed by atoms with Crippen LogP contribution in [0, 0.1) is 5.92 Å². The molecular weight excluding hydrogens is 202 g/mol. The fourth-order valence-electron chi connectivity index (χ4n) is 2.19. The summed E-state index contributed by atoms with van der Waals surface area (Å²) in [5.74, 6) is 1.22. The van der Waals surface area contributed by atoms with Crippen LogP contribution >= 0.6 is 0 Å². The number of rotatable bonds is 5. The monoisotopic (exact) mass is 225 g/mol. The first kappa shape index (κ1) is 11.9. The molecule has 2 rings (SSSR count). The van der Waals surface area contributed by atoms with Crippen molar-refractivity contribution in [3.05, 3.63) is 0 Å². The standard InChI is InChI=1S/C12H23N3O/c1-2-13-9-12(16)15-7-5-14(6-8-15)10-11-3-4-11/h11,13H,2-10H2,1H3. The van der Waals surface area contributed by atoms with Gasteiger partial charge < -0.3 is 10.2 Å². The van der Waals surface area contributed by atoms with E-state index < -0.39 is 0 Å². The van der Waals surface area contributed by atoms with E-state index in [1.165, 1.54) is 19.4 Å². The minimum Gasteiger partial charge on any atom is -0.339 e. The third-order valence-corrected chi connectivity index (χ3v) is 3.46. The van der Waals surface area contributed by atoms with Crippen LogP contribution in [0.2, 0.25) is 0 Å². The lowest BCUT2D eigenvalue weighted by Crippen LogP contribution is -2.51. The molecule has 4 heteroatoms. The Morgan fingerprint density at radius 1 is 1.25 bits per heavy atom. The molecule has 0 aromatic rings. The van der Waals surface area contributed by atoms with E-state index >= 15 is 0 Å². The zero-order chi connectivity index (χ0) is 11.4. The van der Waals surface area contributed by atoms with Crippen LogP contribution in [-0.2, 0) is 4.79 Å². The van der Waals surface area contributed by atoms with Gasteiger partial charge in [0.25, 0.3) is 0 Å². The summed E-state index contributed by atoms with van der Waals surface area (Å²) in [6.07, 6.45) is 2.83. The van der Waals surface area contributed by atoms with E-state index in [2.05, 4.69) is 10.2 Å².